The highest BCUT2D eigenvalue weighted by Gasteiger charge is 2.28. The van der Waals surface area contributed by atoms with Gasteiger partial charge in [0, 0.05) is 81.2 Å². The van der Waals surface area contributed by atoms with Crippen LogP contribution in [-0.4, -0.2) is 57.3 Å². The summed E-state index contributed by atoms with van der Waals surface area (Å²) in [6, 6.07) is 20.7. The van der Waals surface area contributed by atoms with Gasteiger partial charge in [0.15, 0.2) is 0 Å². The highest BCUT2D eigenvalue weighted by molar-refractivity contribution is 5.88. The molecular formula is C30H29FN4O4. The second kappa shape index (κ2) is 11.1. The van der Waals surface area contributed by atoms with Crippen LogP contribution in [0.5, 0.6) is 0 Å². The van der Waals surface area contributed by atoms with Crippen LogP contribution in [0.1, 0.15) is 36.0 Å². The van der Waals surface area contributed by atoms with Crippen LogP contribution in [-0.2, 0) is 16.1 Å². The van der Waals surface area contributed by atoms with Gasteiger partial charge in [0.1, 0.15) is 5.82 Å². The van der Waals surface area contributed by atoms with Crippen molar-refractivity contribution < 1.29 is 18.9 Å². The Morgan fingerprint density at radius 1 is 0.949 bits per heavy atom. The first-order valence-electron chi connectivity index (χ1n) is 12.9. The minimum Gasteiger partial charge on any atom is -0.343 e. The lowest BCUT2D eigenvalue weighted by molar-refractivity contribution is -0.384. The van der Waals surface area contributed by atoms with Crippen molar-refractivity contribution in [1.29, 1.82) is 0 Å². The van der Waals surface area contributed by atoms with Gasteiger partial charge in [-0.3, -0.25) is 19.7 Å². The van der Waals surface area contributed by atoms with Gasteiger partial charge >= 0.3 is 0 Å². The molecular weight excluding hydrogens is 499 g/mol. The van der Waals surface area contributed by atoms with Gasteiger partial charge in [-0.2, -0.15) is 0 Å². The highest BCUT2D eigenvalue weighted by atomic mass is 19.1. The predicted octanol–water partition coefficient (Wildman–Crippen LogP) is 4.95. The van der Waals surface area contributed by atoms with Gasteiger partial charge in [0.2, 0.25) is 11.8 Å². The van der Waals surface area contributed by atoms with E-state index in [4.69, 9.17) is 0 Å². The molecule has 8 nitrogen and oxygen atoms in total. The van der Waals surface area contributed by atoms with Crippen LogP contribution in [0.15, 0.2) is 79.0 Å². The summed E-state index contributed by atoms with van der Waals surface area (Å²) in [5, 5.41) is 12.3. The SMILES string of the molecule is CC(=O)N1CCN(C(=O)C[C@H](c2ccc(F)cc2)c2cn(Cc3ccccc3)c3ccc([N+](=O)[O-])cc23)CC1. The predicted molar refractivity (Wildman–Crippen MR) is 146 cm³/mol. The molecule has 1 aromatic heterocycles. The molecule has 4 aromatic rings. The first-order chi connectivity index (χ1) is 18.8. The van der Waals surface area contributed by atoms with Gasteiger partial charge < -0.3 is 14.4 Å². The van der Waals surface area contributed by atoms with E-state index in [-0.39, 0.29) is 29.7 Å². The van der Waals surface area contributed by atoms with Crippen molar-refractivity contribution in [3.05, 3.63) is 112 Å². The summed E-state index contributed by atoms with van der Waals surface area (Å²) >= 11 is 0. The quantitative estimate of drug-likeness (QED) is 0.251. The topological polar surface area (TPSA) is 88.7 Å². The number of nitro groups is 1. The third kappa shape index (κ3) is 5.67. The fraction of sp³-hybridized carbons (Fsp3) is 0.267. The molecule has 1 fully saturated rings. The summed E-state index contributed by atoms with van der Waals surface area (Å²) in [5.41, 5.74) is 3.36. The molecule has 1 aliphatic heterocycles. The van der Waals surface area contributed by atoms with E-state index in [9.17, 15) is 24.1 Å². The second-order valence-corrected chi connectivity index (χ2v) is 9.85. The molecule has 9 heteroatoms. The molecule has 0 radical (unpaired) electrons. The second-order valence-electron chi connectivity index (χ2n) is 9.85. The van der Waals surface area contributed by atoms with Gasteiger partial charge in [0.05, 0.1) is 4.92 Å². The molecule has 1 atom stereocenters. The van der Waals surface area contributed by atoms with Crippen molar-refractivity contribution in [2.45, 2.75) is 25.8 Å². The van der Waals surface area contributed by atoms with Gasteiger partial charge in [-0.15, -0.1) is 0 Å². The average molecular weight is 529 g/mol. The molecule has 200 valence electrons. The van der Waals surface area contributed by atoms with Gasteiger partial charge in [0.25, 0.3) is 5.69 Å². The number of rotatable bonds is 7. The number of non-ortho nitro benzene ring substituents is 1. The van der Waals surface area contributed by atoms with Crippen molar-refractivity contribution in [3.8, 4) is 0 Å². The molecule has 5 rings (SSSR count). The van der Waals surface area contributed by atoms with Gasteiger partial charge in [-0.1, -0.05) is 42.5 Å². The number of nitrogens with zero attached hydrogens (tertiary/aromatic N) is 4. The Kier molecular flexibility index (Phi) is 7.40. The largest absolute Gasteiger partial charge is 0.343 e. The molecule has 39 heavy (non-hydrogen) atoms. The smallest absolute Gasteiger partial charge is 0.270 e. The molecule has 0 saturated carbocycles. The Morgan fingerprint density at radius 2 is 1.62 bits per heavy atom. The number of amides is 2. The number of aromatic nitrogens is 1. The van der Waals surface area contributed by atoms with Crippen LogP contribution in [0.25, 0.3) is 10.9 Å². The highest BCUT2D eigenvalue weighted by Crippen LogP contribution is 2.37. The third-order valence-corrected chi connectivity index (χ3v) is 7.41. The Labute approximate surface area is 225 Å². The van der Waals surface area contributed by atoms with E-state index in [1.165, 1.54) is 25.1 Å². The number of carbonyl (C=O) groups is 2. The first-order valence-corrected chi connectivity index (χ1v) is 12.9. The molecule has 0 spiro atoms. The standard InChI is InChI=1S/C30H29FN4O4/c1-21(36)32-13-15-33(16-14-32)30(37)18-26(23-7-9-24(31)10-8-23)28-20-34(19-22-5-3-2-4-6-22)29-12-11-25(35(38)39)17-27(28)29/h2-12,17,20,26H,13-16,18-19H2,1H3/t26-/m1/s1. The summed E-state index contributed by atoms with van der Waals surface area (Å²) in [6.07, 6.45) is 2.06. The maximum Gasteiger partial charge on any atom is 0.270 e. The number of halogens is 1. The molecule has 2 heterocycles. The lowest BCUT2D eigenvalue weighted by atomic mass is 9.87. The monoisotopic (exact) mass is 528 g/mol. The summed E-state index contributed by atoms with van der Waals surface area (Å²) in [4.78, 5) is 40.0. The summed E-state index contributed by atoms with van der Waals surface area (Å²) in [6.45, 7) is 3.90. The lowest BCUT2D eigenvalue weighted by Gasteiger charge is -2.35. The molecule has 2 amide bonds. The van der Waals surface area contributed by atoms with Crippen LogP contribution in [0.3, 0.4) is 0 Å². The summed E-state index contributed by atoms with van der Waals surface area (Å²) in [7, 11) is 0. The number of piperazine rings is 1. The van der Waals surface area contributed by atoms with E-state index >= 15 is 0 Å². The fourth-order valence-corrected chi connectivity index (χ4v) is 5.29. The van der Waals surface area contributed by atoms with E-state index in [1.807, 2.05) is 41.1 Å². The first kappa shape index (κ1) is 26.1. The number of benzene rings is 3. The number of hydrogen-bond donors (Lipinski definition) is 0. The Bertz CT molecular complexity index is 1510. The zero-order valence-corrected chi connectivity index (χ0v) is 21.6. The van der Waals surface area contributed by atoms with Crippen molar-refractivity contribution >= 4 is 28.4 Å². The molecule has 3 aromatic carbocycles. The van der Waals surface area contributed by atoms with E-state index in [2.05, 4.69) is 0 Å². The van der Waals surface area contributed by atoms with Crippen LogP contribution < -0.4 is 0 Å². The Hall–Kier alpha value is -4.53. The van der Waals surface area contributed by atoms with Crippen molar-refractivity contribution in [2.75, 3.05) is 26.2 Å². The molecule has 0 unspecified atom stereocenters. The van der Waals surface area contributed by atoms with Crippen molar-refractivity contribution in [3.63, 3.8) is 0 Å². The minimum absolute atomic E-state index is 0.0147. The Balaban J connectivity index is 1.56. The van der Waals surface area contributed by atoms with E-state index in [1.54, 1.807) is 34.1 Å². The van der Waals surface area contributed by atoms with Crippen LogP contribution in [0.4, 0.5) is 10.1 Å². The minimum atomic E-state index is -0.453. The maximum atomic E-state index is 13.9. The third-order valence-electron chi connectivity index (χ3n) is 7.41. The van der Waals surface area contributed by atoms with E-state index in [0.717, 1.165) is 22.2 Å². The lowest BCUT2D eigenvalue weighted by Crippen LogP contribution is -2.50. The summed E-state index contributed by atoms with van der Waals surface area (Å²) in [5.74, 6) is -0.933. The van der Waals surface area contributed by atoms with Crippen LogP contribution >= 0.6 is 0 Å². The number of fused-ring (bicyclic) bond motifs is 1. The number of nitro benzene ring substituents is 1. The molecule has 1 saturated heterocycles. The molecule has 1 aliphatic rings. The number of hydrogen-bond acceptors (Lipinski definition) is 4. The normalized spacial score (nSPS) is 14.4. The van der Waals surface area contributed by atoms with Gasteiger partial charge in [-0.05, 0) is 34.9 Å². The molecule has 0 aliphatic carbocycles. The van der Waals surface area contributed by atoms with E-state index in [0.29, 0.717) is 38.1 Å². The van der Waals surface area contributed by atoms with Crippen molar-refractivity contribution in [1.82, 2.24) is 14.4 Å². The molecule has 0 N–H and O–H groups in total. The summed E-state index contributed by atoms with van der Waals surface area (Å²) < 4.78 is 15.9. The van der Waals surface area contributed by atoms with Crippen LogP contribution in [0.2, 0.25) is 0 Å². The van der Waals surface area contributed by atoms with Crippen molar-refractivity contribution in [2.24, 2.45) is 0 Å². The average Bonchev–Trinajstić information content (AvgIpc) is 3.30. The van der Waals surface area contributed by atoms with Gasteiger partial charge in [-0.25, -0.2) is 4.39 Å². The number of carbonyl (C=O) groups excluding carboxylic acids is 2. The van der Waals surface area contributed by atoms with E-state index < -0.39 is 10.8 Å². The zero-order chi connectivity index (χ0) is 27.5. The Morgan fingerprint density at radius 3 is 2.26 bits per heavy atom. The maximum absolute atomic E-state index is 13.9. The fourth-order valence-electron chi connectivity index (χ4n) is 5.29. The van der Waals surface area contributed by atoms with Crippen LogP contribution in [0, 0.1) is 15.9 Å². The molecule has 0 bridgehead atoms. The zero-order valence-electron chi connectivity index (χ0n) is 21.6.